The third-order valence-corrected chi connectivity index (χ3v) is 3.66. The molecule has 1 atom stereocenters. The Hall–Kier alpha value is -1.10. The van der Waals surface area contributed by atoms with Crippen LogP contribution < -0.4 is 10.4 Å². The first-order chi connectivity index (χ1) is 8.66. The summed E-state index contributed by atoms with van der Waals surface area (Å²) in [5.41, 5.74) is 3.79. The molecule has 18 heavy (non-hydrogen) atoms. The summed E-state index contributed by atoms with van der Waals surface area (Å²) in [6, 6.07) is 9.44. The molecule has 0 aromatic heterocycles. The molecule has 0 saturated carbocycles. The van der Waals surface area contributed by atoms with E-state index in [1.165, 1.54) is 0 Å². The lowest BCUT2D eigenvalue weighted by molar-refractivity contribution is -0.940. The van der Waals surface area contributed by atoms with Crippen LogP contribution in [0.15, 0.2) is 30.3 Å². The van der Waals surface area contributed by atoms with Crippen LogP contribution in [-0.4, -0.2) is 44.0 Å². The van der Waals surface area contributed by atoms with E-state index >= 15 is 0 Å². The number of carbonyl (C=O) groups is 1. The highest BCUT2D eigenvalue weighted by Crippen LogP contribution is 2.19. The van der Waals surface area contributed by atoms with E-state index in [9.17, 15) is 4.79 Å². The molecule has 1 fully saturated rings. The van der Waals surface area contributed by atoms with Gasteiger partial charge in [0.2, 0.25) is 0 Å². The SMILES string of the molecule is CN1CC[NH+](NC(=O)C(Cl)c2ccccc2)CC1. The first kappa shape index (κ1) is 13.3. The van der Waals surface area contributed by atoms with Gasteiger partial charge >= 0.3 is 0 Å². The summed E-state index contributed by atoms with van der Waals surface area (Å²) in [4.78, 5) is 14.3. The number of hydrogen-bond donors (Lipinski definition) is 2. The van der Waals surface area contributed by atoms with Gasteiger partial charge in [-0.1, -0.05) is 30.3 Å². The molecule has 1 saturated heterocycles. The molecule has 2 rings (SSSR count). The predicted molar refractivity (Wildman–Crippen MR) is 71.4 cm³/mol. The molecule has 0 bridgehead atoms. The van der Waals surface area contributed by atoms with Gasteiger partial charge in [0, 0.05) is 13.1 Å². The van der Waals surface area contributed by atoms with Crippen molar-refractivity contribution in [3.63, 3.8) is 0 Å². The van der Waals surface area contributed by atoms with Gasteiger partial charge in [0.25, 0.3) is 5.91 Å². The molecule has 98 valence electrons. The lowest BCUT2D eigenvalue weighted by Crippen LogP contribution is -3.21. The summed E-state index contributed by atoms with van der Waals surface area (Å²) >= 11 is 6.17. The highest BCUT2D eigenvalue weighted by Gasteiger charge is 2.24. The first-order valence-electron chi connectivity index (χ1n) is 6.20. The number of benzene rings is 1. The Morgan fingerprint density at radius 3 is 2.56 bits per heavy atom. The number of alkyl halides is 1. The second kappa shape index (κ2) is 6.18. The van der Waals surface area contributed by atoms with Gasteiger partial charge in [-0.3, -0.25) is 9.69 Å². The number of hydrogen-bond acceptors (Lipinski definition) is 2. The van der Waals surface area contributed by atoms with Crippen molar-refractivity contribution in [2.24, 2.45) is 0 Å². The fourth-order valence-electron chi connectivity index (χ4n) is 2.02. The van der Waals surface area contributed by atoms with Gasteiger partial charge in [-0.25, -0.2) is 10.4 Å². The summed E-state index contributed by atoms with van der Waals surface area (Å²) in [6.45, 7) is 3.82. The van der Waals surface area contributed by atoms with E-state index in [1.54, 1.807) is 0 Å². The quantitative estimate of drug-likeness (QED) is 0.747. The number of quaternary nitrogens is 1. The van der Waals surface area contributed by atoms with Crippen molar-refractivity contribution in [1.29, 1.82) is 0 Å². The van der Waals surface area contributed by atoms with E-state index in [2.05, 4.69) is 17.4 Å². The Morgan fingerprint density at radius 1 is 1.33 bits per heavy atom. The van der Waals surface area contributed by atoms with E-state index < -0.39 is 5.38 Å². The van der Waals surface area contributed by atoms with Gasteiger partial charge in [0.05, 0.1) is 0 Å². The summed E-state index contributed by atoms with van der Waals surface area (Å²) < 4.78 is 0. The van der Waals surface area contributed by atoms with Crippen LogP contribution in [-0.2, 0) is 4.79 Å². The Bertz CT molecular complexity index is 390. The maximum Gasteiger partial charge on any atom is 0.287 e. The minimum atomic E-state index is -0.613. The number of nitrogens with zero attached hydrogens (tertiary/aromatic N) is 1. The van der Waals surface area contributed by atoms with Crippen molar-refractivity contribution in [2.45, 2.75) is 5.38 Å². The van der Waals surface area contributed by atoms with Gasteiger partial charge in [-0.15, -0.1) is 11.6 Å². The molecule has 0 spiro atoms. The number of likely N-dealkylation sites (N-methyl/N-ethyl adjacent to an activating group) is 1. The monoisotopic (exact) mass is 268 g/mol. The zero-order valence-electron chi connectivity index (χ0n) is 10.5. The van der Waals surface area contributed by atoms with Crippen molar-refractivity contribution in [3.05, 3.63) is 35.9 Å². The van der Waals surface area contributed by atoms with E-state index in [1.807, 2.05) is 30.3 Å². The fourth-order valence-corrected chi connectivity index (χ4v) is 2.22. The zero-order chi connectivity index (χ0) is 13.0. The smallest absolute Gasteiger partial charge is 0.287 e. The Kier molecular flexibility index (Phi) is 4.58. The van der Waals surface area contributed by atoms with Gasteiger partial charge < -0.3 is 0 Å². The minimum Gasteiger partial charge on any atom is -0.295 e. The van der Waals surface area contributed by atoms with Crippen LogP contribution in [0.3, 0.4) is 0 Å². The molecule has 0 radical (unpaired) electrons. The van der Waals surface area contributed by atoms with E-state index in [0.29, 0.717) is 0 Å². The van der Waals surface area contributed by atoms with Crippen LogP contribution in [0.1, 0.15) is 10.9 Å². The van der Waals surface area contributed by atoms with Crippen LogP contribution in [0.5, 0.6) is 0 Å². The largest absolute Gasteiger partial charge is 0.295 e. The summed E-state index contributed by atoms with van der Waals surface area (Å²) in [6.07, 6.45) is 0. The Balaban J connectivity index is 1.88. The maximum absolute atomic E-state index is 12.0. The lowest BCUT2D eigenvalue weighted by atomic mass is 10.1. The Morgan fingerprint density at radius 2 is 1.94 bits per heavy atom. The van der Waals surface area contributed by atoms with Crippen molar-refractivity contribution in [3.8, 4) is 0 Å². The summed E-state index contributed by atoms with van der Waals surface area (Å²) in [5.74, 6) is -0.123. The zero-order valence-corrected chi connectivity index (χ0v) is 11.3. The molecule has 1 aromatic rings. The molecule has 4 nitrogen and oxygen atoms in total. The van der Waals surface area contributed by atoms with Crippen molar-refractivity contribution in [2.75, 3.05) is 33.2 Å². The molecular weight excluding hydrogens is 250 g/mol. The molecule has 2 N–H and O–H groups in total. The number of amides is 1. The standard InChI is InChI=1S/C13H18ClN3O/c1-16-7-9-17(10-8-16)15-13(18)12(14)11-5-3-2-4-6-11/h2-6,12H,7-10H2,1H3,(H,15,18)/p+1. The number of halogens is 1. The predicted octanol–water partition coefficient (Wildman–Crippen LogP) is -0.172. The van der Waals surface area contributed by atoms with Crippen LogP contribution in [0.25, 0.3) is 0 Å². The molecule has 0 aliphatic carbocycles. The normalized spacial score (nSPS) is 19.4. The van der Waals surface area contributed by atoms with Crippen molar-refractivity contribution < 1.29 is 9.80 Å². The molecule has 5 heteroatoms. The minimum absolute atomic E-state index is 0.123. The van der Waals surface area contributed by atoms with Crippen molar-refractivity contribution >= 4 is 17.5 Å². The molecule has 1 unspecified atom stereocenters. The molecule has 1 amide bonds. The molecular formula is C13H19ClN3O+. The van der Waals surface area contributed by atoms with Gasteiger partial charge in [0.15, 0.2) is 0 Å². The molecule has 1 aromatic carbocycles. The van der Waals surface area contributed by atoms with Crippen LogP contribution >= 0.6 is 11.6 Å². The lowest BCUT2D eigenvalue weighted by Gasteiger charge is -2.29. The average molecular weight is 269 g/mol. The average Bonchev–Trinajstić information content (AvgIpc) is 2.41. The van der Waals surface area contributed by atoms with Crippen LogP contribution in [0.2, 0.25) is 0 Å². The van der Waals surface area contributed by atoms with E-state index in [0.717, 1.165) is 36.8 Å². The molecule has 1 aliphatic heterocycles. The first-order valence-corrected chi connectivity index (χ1v) is 6.63. The maximum atomic E-state index is 12.0. The Labute approximate surface area is 112 Å². The van der Waals surface area contributed by atoms with Crippen LogP contribution in [0, 0.1) is 0 Å². The number of carbonyl (C=O) groups excluding carboxylic acids is 1. The topological polar surface area (TPSA) is 36.8 Å². The van der Waals surface area contributed by atoms with Crippen molar-refractivity contribution in [1.82, 2.24) is 10.3 Å². The van der Waals surface area contributed by atoms with Crippen LogP contribution in [0.4, 0.5) is 0 Å². The summed E-state index contributed by atoms with van der Waals surface area (Å²) in [5, 5.41) is 0.484. The number of piperazine rings is 1. The third kappa shape index (κ3) is 3.45. The van der Waals surface area contributed by atoms with E-state index in [4.69, 9.17) is 11.6 Å². The third-order valence-electron chi connectivity index (χ3n) is 3.21. The summed E-state index contributed by atoms with van der Waals surface area (Å²) in [7, 11) is 2.09. The highest BCUT2D eigenvalue weighted by molar-refractivity contribution is 6.30. The second-order valence-electron chi connectivity index (χ2n) is 4.67. The van der Waals surface area contributed by atoms with Gasteiger partial charge in [-0.2, -0.15) is 0 Å². The van der Waals surface area contributed by atoms with Gasteiger partial charge in [-0.05, 0) is 12.6 Å². The molecule has 1 aliphatic rings. The van der Waals surface area contributed by atoms with Gasteiger partial charge in [0.1, 0.15) is 18.5 Å². The molecule has 1 heterocycles. The second-order valence-corrected chi connectivity index (χ2v) is 5.11. The number of rotatable bonds is 3. The van der Waals surface area contributed by atoms with E-state index in [-0.39, 0.29) is 5.91 Å². The highest BCUT2D eigenvalue weighted by atomic mass is 35.5. The fraction of sp³-hybridized carbons (Fsp3) is 0.462. The number of nitrogens with one attached hydrogen (secondary N) is 2.